The van der Waals surface area contributed by atoms with Gasteiger partial charge in [0.2, 0.25) is 0 Å². The van der Waals surface area contributed by atoms with Crippen molar-refractivity contribution in [2.24, 2.45) is 0 Å². The Morgan fingerprint density at radius 1 is 0.564 bits per heavy atom. The fraction of sp³-hybridized carbons (Fsp3) is 0.886. The quantitative estimate of drug-likeness (QED) is 0.0529. The van der Waals surface area contributed by atoms with Crippen molar-refractivity contribution in [3.63, 3.8) is 0 Å². The number of carboxylic acids is 1. The van der Waals surface area contributed by atoms with Crippen LogP contribution in [-0.2, 0) is 14.3 Å². The minimum atomic E-state index is -0.672. The van der Waals surface area contributed by atoms with Crippen molar-refractivity contribution in [2.75, 3.05) is 0 Å². The van der Waals surface area contributed by atoms with Crippen molar-refractivity contribution in [1.82, 2.24) is 0 Å². The maximum atomic E-state index is 12.1. The van der Waals surface area contributed by atoms with E-state index in [2.05, 4.69) is 19.1 Å². The van der Waals surface area contributed by atoms with Crippen LogP contribution in [0.1, 0.15) is 194 Å². The monoisotopic (exact) mass is 550 g/mol. The highest BCUT2D eigenvalue weighted by atomic mass is 16.5. The van der Waals surface area contributed by atoms with Gasteiger partial charge in [-0.1, -0.05) is 135 Å². The number of carbonyl (C=O) groups is 2. The zero-order valence-corrected chi connectivity index (χ0v) is 26.2. The summed E-state index contributed by atoms with van der Waals surface area (Å²) in [5.41, 5.74) is 0. The van der Waals surface area contributed by atoms with Crippen molar-refractivity contribution in [3.8, 4) is 0 Å². The molecule has 0 aromatic carbocycles. The second kappa shape index (κ2) is 31.2. The average molecular weight is 551 g/mol. The third-order valence-electron chi connectivity index (χ3n) is 7.73. The highest BCUT2D eigenvalue weighted by Crippen LogP contribution is 2.15. The first kappa shape index (κ1) is 37.7. The molecule has 230 valence electrons. The van der Waals surface area contributed by atoms with Crippen LogP contribution in [0.3, 0.4) is 0 Å². The van der Waals surface area contributed by atoms with Gasteiger partial charge in [-0.2, -0.15) is 0 Å². The number of hydrogen-bond acceptors (Lipinski definition) is 3. The summed E-state index contributed by atoms with van der Waals surface area (Å²) in [6, 6.07) is 0. The molecule has 0 fully saturated rings. The maximum Gasteiger partial charge on any atom is 0.306 e. The van der Waals surface area contributed by atoms with Gasteiger partial charge in [0.25, 0.3) is 0 Å². The fourth-order valence-electron chi connectivity index (χ4n) is 5.16. The molecule has 0 heterocycles. The number of allylic oxidation sites excluding steroid dienone is 2. The van der Waals surface area contributed by atoms with Crippen LogP contribution in [0.15, 0.2) is 12.2 Å². The van der Waals surface area contributed by atoms with Crippen LogP contribution < -0.4 is 0 Å². The van der Waals surface area contributed by atoms with E-state index in [9.17, 15) is 9.59 Å². The number of carbonyl (C=O) groups excluding carboxylic acids is 1. The zero-order chi connectivity index (χ0) is 28.7. The molecule has 0 rings (SSSR count). The predicted octanol–water partition coefficient (Wildman–Crippen LogP) is 11.5. The van der Waals surface area contributed by atoms with Crippen molar-refractivity contribution >= 4 is 11.9 Å². The number of rotatable bonds is 31. The van der Waals surface area contributed by atoms with Crippen LogP contribution in [0.5, 0.6) is 0 Å². The Hall–Kier alpha value is -1.32. The summed E-state index contributed by atoms with van der Waals surface area (Å²) in [5.74, 6) is -0.684. The van der Waals surface area contributed by atoms with Crippen LogP contribution in [0.2, 0.25) is 0 Å². The first-order valence-electron chi connectivity index (χ1n) is 17.1. The number of aliphatic carboxylic acids is 1. The minimum absolute atomic E-state index is 0.0120. The van der Waals surface area contributed by atoms with Gasteiger partial charge >= 0.3 is 11.9 Å². The molecule has 0 amide bonds. The molecule has 0 radical (unpaired) electrons. The van der Waals surface area contributed by atoms with Gasteiger partial charge in [-0.05, 0) is 58.3 Å². The topological polar surface area (TPSA) is 63.6 Å². The van der Waals surface area contributed by atoms with E-state index >= 15 is 0 Å². The van der Waals surface area contributed by atoms with Crippen molar-refractivity contribution in [1.29, 1.82) is 0 Å². The number of esters is 1. The van der Waals surface area contributed by atoms with Gasteiger partial charge in [-0.3, -0.25) is 9.59 Å². The van der Waals surface area contributed by atoms with Crippen LogP contribution in [0, 0.1) is 0 Å². The number of carboxylic acid groups (broad SMARTS) is 1. The van der Waals surface area contributed by atoms with E-state index in [0.29, 0.717) is 12.8 Å². The Morgan fingerprint density at radius 2 is 0.949 bits per heavy atom. The van der Waals surface area contributed by atoms with E-state index in [-0.39, 0.29) is 12.1 Å². The van der Waals surface area contributed by atoms with E-state index in [4.69, 9.17) is 9.84 Å². The van der Waals surface area contributed by atoms with Gasteiger partial charge in [0.1, 0.15) is 0 Å². The van der Waals surface area contributed by atoms with E-state index in [1.165, 1.54) is 128 Å². The third-order valence-corrected chi connectivity index (χ3v) is 7.73. The molecule has 0 aromatic rings. The molecule has 4 heteroatoms. The van der Waals surface area contributed by atoms with Crippen molar-refractivity contribution < 1.29 is 19.4 Å². The molecule has 0 saturated heterocycles. The molecule has 0 aliphatic carbocycles. The Labute approximate surface area is 243 Å². The summed E-state index contributed by atoms with van der Waals surface area (Å²) >= 11 is 0. The van der Waals surface area contributed by atoms with Crippen molar-refractivity contribution in [3.05, 3.63) is 12.2 Å². The maximum absolute atomic E-state index is 12.1. The lowest BCUT2D eigenvalue weighted by molar-refractivity contribution is -0.148. The zero-order valence-electron chi connectivity index (χ0n) is 26.2. The summed E-state index contributed by atoms with van der Waals surface area (Å²) < 4.78 is 5.61. The standard InChI is InChI=1S/C35H66O4/c1-3-4-5-6-7-8-9-10-11-12-17-20-23-26-29-32-35(38)39-33(2)30-27-24-21-18-15-13-14-16-19-22-25-28-31-34(36)37/h10-11,33H,3-9,12-32H2,1-2H3,(H,36,37)/b11-10-. The number of unbranched alkanes of at least 4 members (excludes halogenated alkanes) is 22. The molecule has 0 bridgehead atoms. The second-order valence-electron chi connectivity index (χ2n) is 11.8. The number of ether oxygens (including phenoxy) is 1. The van der Waals surface area contributed by atoms with Crippen LogP contribution in [0.4, 0.5) is 0 Å². The summed E-state index contributed by atoms with van der Waals surface area (Å²) in [4.78, 5) is 22.6. The van der Waals surface area contributed by atoms with Gasteiger partial charge in [0.15, 0.2) is 0 Å². The Morgan fingerprint density at radius 3 is 1.41 bits per heavy atom. The molecule has 1 N–H and O–H groups in total. The van der Waals surface area contributed by atoms with E-state index in [1.54, 1.807) is 0 Å². The molecule has 4 nitrogen and oxygen atoms in total. The molecular weight excluding hydrogens is 484 g/mol. The molecule has 39 heavy (non-hydrogen) atoms. The minimum Gasteiger partial charge on any atom is -0.481 e. The summed E-state index contributed by atoms with van der Waals surface area (Å²) in [7, 11) is 0. The van der Waals surface area contributed by atoms with E-state index in [1.807, 2.05) is 6.92 Å². The summed E-state index contributed by atoms with van der Waals surface area (Å²) in [5, 5.41) is 8.63. The lowest BCUT2D eigenvalue weighted by atomic mass is 10.0. The summed E-state index contributed by atoms with van der Waals surface area (Å²) in [6.45, 7) is 4.31. The van der Waals surface area contributed by atoms with E-state index < -0.39 is 5.97 Å². The van der Waals surface area contributed by atoms with Gasteiger partial charge < -0.3 is 9.84 Å². The lowest BCUT2D eigenvalue weighted by Gasteiger charge is -2.13. The fourth-order valence-corrected chi connectivity index (χ4v) is 5.16. The molecule has 0 saturated carbocycles. The van der Waals surface area contributed by atoms with Gasteiger partial charge in [-0.15, -0.1) is 0 Å². The summed E-state index contributed by atoms with van der Waals surface area (Å²) in [6.07, 6.45) is 37.7. The highest BCUT2D eigenvalue weighted by Gasteiger charge is 2.09. The Kier molecular flexibility index (Phi) is 30.2. The van der Waals surface area contributed by atoms with Gasteiger partial charge in [0, 0.05) is 12.8 Å². The lowest BCUT2D eigenvalue weighted by Crippen LogP contribution is -2.14. The van der Waals surface area contributed by atoms with Gasteiger partial charge in [0.05, 0.1) is 6.10 Å². The smallest absolute Gasteiger partial charge is 0.306 e. The van der Waals surface area contributed by atoms with Crippen LogP contribution in [-0.4, -0.2) is 23.1 Å². The van der Waals surface area contributed by atoms with Crippen LogP contribution in [0.25, 0.3) is 0 Å². The normalized spacial score (nSPS) is 12.3. The molecule has 0 aliphatic rings. The molecule has 0 spiro atoms. The Balaban J connectivity index is 3.33. The SMILES string of the molecule is CCCCCCCC/C=C\CCCCCCCC(=O)OC(C)CCCCCCCCCCCCCCC(=O)O. The molecule has 1 atom stereocenters. The highest BCUT2D eigenvalue weighted by molar-refractivity contribution is 5.69. The molecular formula is C35H66O4. The molecule has 1 unspecified atom stereocenters. The third kappa shape index (κ3) is 32.8. The van der Waals surface area contributed by atoms with E-state index in [0.717, 1.165) is 38.5 Å². The van der Waals surface area contributed by atoms with Crippen LogP contribution >= 0.6 is 0 Å². The van der Waals surface area contributed by atoms with Gasteiger partial charge in [-0.25, -0.2) is 0 Å². The number of hydrogen-bond donors (Lipinski definition) is 1. The predicted molar refractivity (Wildman–Crippen MR) is 167 cm³/mol. The molecule has 0 aliphatic heterocycles. The average Bonchev–Trinajstić information content (AvgIpc) is 2.90. The Bertz CT molecular complexity index is 557. The molecule has 0 aromatic heterocycles. The first-order chi connectivity index (χ1) is 19.1. The first-order valence-corrected chi connectivity index (χ1v) is 17.1. The largest absolute Gasteiger partial charge is 0.481 e. The van der Waals surface area contributed by atoms with Crippen molar-refractivity contribution in [2.45, 2.75) is 200 Å². The second-order valence-corrected chi connectivity index (χ2v) is 11.8.